The molecule has 2 aliphatic heterocycles. The predicted octanol–water partition coefficient (Wildman–Crippen LogP) is 0.200. The third-order valence-electron chi connectivity index (χ3n) is 2.87. The van der Waals surface area contributed by atoms with Crippen LogP contribution in [0.1, 0.15) is 25.7 Å². The number of hydrogen-bond donors (Lipinski definition) is 2. The summed E-state index contributed by atoms with van der Waals surface area (Å²) in [4.78, 5) is 24.3. The molecule has 0 spiro atoms. The number of nitrogens with zero attached hydrogens (tertiary/aromatic N) is 1. The molecule has 2 heterocycles. The molecule has 2 aliphatic rings. The van der Waals surface area contributed by atoms with Gasteiger partial charge in [-0.1, -0.05) is 6.42 Å². The quantitative estimate of drug-likeness (QED) is 0.672. The van der Waals surface area contributed by atoms with Gasteiger partial charge in [-0.2, -0.15) is 0 Å². The Bertz CT molecular complexity index is 297. The number of carbonyl (C=O) groups is 2. The van der Waals surface area contributed by atoms with Crippen LogP contribution in [0.2, 0.25) is 0 Å². The Morgan fingerprint density at radius 2 is 2.27 bits per heavy atom. The van der Waals surface area contributed by atoms with Crippen LogP contribution in [0, 0.1) is 0 Å². The minimum Gasteiger partial charge on any atom is -0.480 e. The first-order valence-electron chi connectivity index (χ1n) is 5.06. The fourth-order valence-electron chi connectivity index (χ4n) is 2.17. The maximum absolute atomic E-state index is 11.7. The first-order valence-corrected chi connectivity index (χ1v) is 6.00. The van der Waals surface area contributed by atoms with Gasteiger partial charge in [-0.25, -0.2) is 4.79 Å². The summed E-state index contributed by atoms with van der Waals surface area (Å²) in [5, 5.41) is 8.52. The van der Waals surface area contributed by atoms with Gasteiger partial charge in [0.25, 0.3) is 0 Å². The highest BCUT2D eigenvalue weighted by Crippen LogP contribution is 2.38. The summed E-state index contributed by atoms with van der Waals surface area (Å²) in [6.45, 7) is 0. The van der Waals surface area contributed by atoms with Crippen molar-refractivity contribution in [2.24, 2.45) is 5.73 Å². The average molecular weight is 230 g/mol. The molecule has 0 aromatic rings. The lowest BCUT2D eigenvalue weighted by Crippen LogP contribution is -2.49. The van der Waals surface area contributed by atoms with Crippen LogP contribution in [0.15, 0.2) is 0 Å². The SMILES string of the molecule is NC1SC2CCCCC(=O)N2C1C(=O)O. The molecule has 0 radical (unpaired) electrons. The molecule has 0 aliphatic carbocycles. The Balaban J connectivity index is 2.25. The van der Waals surface area contributed by atoms with Crippen molar-refractivity contribution in [3.05, 3.63) is 0 Å². The van der Waals surface area contributed by atoms with Gasteiger partial charge in [-0.15, -0.1) is 11.8 Å². The molecule has 0 aromatic heterocycles. The van der Waals surface area contributed by atoms with Gasteiger partial charge in [0.1, 0.15) is 0 Å². The lowest BCUT2D eigenvalue weighted by molar-refractivity contribution is -0.149. The van der Waals surface area contributed by atoms with Crippen LogP contribution in [0.5, 0.6) is 0 Å². The number of amides is 1. The molecule has 2 rings (SSSR count). The molecule has 3 N–H and O–H groups in total. The summed E-state index contributed by atoms with van der Waals surface area (Å²) >= 11 is 1.40. The van der Waals surface area contributed by atoms with Crippen molar-refractivity contribution in [3.63, 3.8) is 0 Å². The fourth-order valence-corrected chi connectivity index (χ4v) is 3.61. The van der Waals surface area contributed by atoms with Crippen LogP contribution >= 0.6 is 11.8 Å². The third-order valence-corrected chi connectivity index (χ3v) is 4.22. The number of carboxylic acids is 1. The lowest BCUT2D eigenvalue weighted by Gasteiger charge is -2.25. The van der Waals surface area contributed by atoms with E-state index in [1.165, 1.54) is 16.7 Å². The molecule has 0 saturated carbocycles. The Labute approximate surface area is 92.0 Å². The summed E-state index contributed by atoms with van der Waals surface area (Å²) in [7, 11) is 0. The molecule has 3 atom stereocenters. The monoisotopic (exact) mass is 230 g/mol. The number of hydrogen-bond acceptors (Lipinski definition) is 4. The first-order chi connectivity index (χ1) is 7.11. The predicted molar refractivity (Wildman–Crippen MR) is 56.1 cm³/mol. The van der Waals surface area contributed by atoms with E-state index in [1.54, 1.807) is 0 Å². The molecular formula is C9H14N2O3S. The molecule has 0 aromatic carbocycles. The minimum absolute atomic E-state index is 0.0314. The van der Waals surface area contributed by atoms with Gasteiger partial charge < -0.3 is 15.7 Å². The number of rotatable bonds is 1. The zero-order chi connectivity index (χ0) is 11.0. The second-order valence-corrected chi connectivity index (χ2v) is 5.25. The molecule has 3 unspecified atom stereocenters. The third kappa shape index (κ3) is 1.83. The van der Waals surface area contributed by atoms with Gasteiger partial charge in [-0.3, -0.25) is 4.79 Å². The molecule has 1 amide bonds. The Kier molecular flexibility index (Phi) is 2.88. The Morgan fingerprint density at radius 1 is 1.53 bits per heavy atom. The molecular weight excluding hydrogens is 216 g/mol. The van der Waals surface area contributed by atoms with E-state index in [4.69, 9.17) is 10.8 Å². The molecule has 84 valence electrons. The van der Waals surface area contributed by atoms with E-state index in [2.05, 4.69) is 0 Å². The van der Waals surface area contributed by atoms with Gasteiger partial charge in [0.2, 0.25) is 5.91 Å². The second-order valence-electron chi connectivity index (χ2n) is 3.89. The van der Waals surface area contributed by atoms with Gasteiger partial charge in [-0.05, 0) is 12.8 Å². The second kappa shape index (κ2) is 4.02. The van der Waals surface area contributed by atoms with E-state index in [0.717, 1.165) is 19.3 Å². The minimum atomic E-state index is -0.993. The topological polar surface area (TPSA) is 83.6 Å². The van der Waals surface area contributed by atoms with Crippen LogP contribution in [0.25, 0.3) is 0 Å². The Hall–Kier alpha value is -0.750. The number of carboxylic acid groups (broad SMARTS) is 1. The number of nitrogens with two attached hydrogens (primary N) is 1. The maximum Gasteiger partial charge on any atom is 0.328 e. The van der Waals surface area contributed by atoms with E-state index in [0.29, 0.717) is 6.42 Å². The van der Waals surface area contributed by atoms with Crippen LogP contribution < -0.4 is 5.73 Å². The van der Waals surface area contributed by atoms with Crippen molar-refractivity contribution in [3.8, 4) is 0 Å². The van der Waals surface area contributed by atoms with Gasteiger partial charge >= 0.3 is 5.97 Å². The molecule has 6 heteroatoms. The smallest absolute Gasteiger partial charge is 0.328 e. The zero-order valence-corrected chi connectivity index (χ0v) is 9.07. The standard InChI is InChI=1S/C9H14N2O3S/c10-8-7(9(13)14)11-5(12)3-1-2-4-6(11)15-8/h6-8H,1-4,10H2,(H,13,14). The van der Waals surface area contributed by atoms with Crippen molar-refractivity contribution in [1.29, 1.82) is 0 Å². The van der Waals surface area contributed by atoms with Crippen LogP contribution in [-0.4, -0.2) is 38.7 Å². The molecule has 2 saturated heterocycles. The summed E-state index contributed by atoms with van der Waals surface area (Å²) < 4.78 is 0. The van der Waals surface area contributed by atoms with Crippen LogP contribution in [0.4, 0.5) is 0 Å². The number of carbonyl (C=O) groups excluding carboxylic acids is 1. The highest BCUT2D eigenvalue weighted by Gasteiger charge is 2.47. The number of thioether (sulfide) groups is 1. The van der Waals surface area contributed by atoms with E-state index < -0.39 is 17.4 Å². The van der Waals surface area contributed by atoms with Crippen molar-refractivity contribution < 1.29 is 14.7 Å². The van der Waals surface area contributed by atoms with Gasteiger partial charge in [0.15, 0.2) is 6.04 Å². The molecule has 0 bridgehead atoms. The van der Waals surface area contributed by atoms with Crippen molar-refractivity contribution in [2.75, 3.05) is 0 Å². The van der Waals surface area contributed by atoms with Crippen LogP contribution in [0.3, 0.4) is 0 Å². The highest BCUT2D eigenvalue weighted by atomic mass is 32.2. The lowest BCUT2D eigenvalue weighted by atomic mass is 10.2. The fraction of sp³-hybridized carbons (Fsp3) is 0.778. The van der Waals surface area contributed by atoms with E-state index in [-0.39, 0.29) is 11.3 Å². The Morgan fingerprint density at radius 3 is 2.93 bits per heavy atom. The normalized spacial score (nSPS) is 36.2. The van der Waals surface area contributed by atoms with Gasteiger partial charge in [0.05, 0.1) is 10.7 Å². The summed E-state index contributed by atoms with van der Waals surface area (Å²) in [5.41, 5.74) is 5.74. The van der Waals surface area contributed by atoms with Crippen molar-refractivity contribution >= 4 is 23.6 Å². The largest absolute Gasteiger partial charge is 0.480 e. The molecule has 5 nitrogen and oxygen atoms in total. The van der Waals surface area contributed by atoms with Crippen molar-refractivity contribution in [2.45, 2.75) is 42.5 Å². The van der Waals surface area contributed by atoms with Crippen molar-refractivity contribution in [1.82, 2.24) is 4.90 Å². The molecule has 15 heavy (non-hydrogen) atoms. The average Bonchev–Trinajstić information content (AvgIpc) is 2.40. The molecule has 2 fully saturated rings. The summed E-state index contributed by atoms with van der Waals surface area (Å²) in [6, 6.07) is -0.842. The summed E-state index contributed by atoms with van der Waals surface area (Å²) in [6.07, 6.45) is 3.13. The van der Waals surface area contributed by atoms with E-state index in [1.807, 2.05) is 0 Å². The first kappa shape index (κ1) is 10.8. The summed E-state index contributed by atoms with van der Waals surface area (Å²) in [5.74, 6) is -1.06. The maximum atomic E-state index is 11.7. The van der Waals surface area contributed by atoms with E-state index in [9.17, 15) is 9.59 Å². The van der Waals surface area contributed by atoms with E-state index >= 15 is 0 Å². The number of aliphatic carboxylic acids is 1. The highest BCUT2D eigenvalue weighted by molar-refractivity contribution is 8.00. The number of fused-ring (bicyclic) bond motifs is 1. The van der Waals surface area contributed by atoms with Gasteiger partial charge in [0, 0.05) is 6.42 Å². The van der Waals surface area contributed by atoms with Crippen LogP contribution in [-0.2, 0) is 9.59 Å². The zero-order valence-electron chi connectivity index (χ0n) is 8.26.